The first-order valence-electron chi connectivity index (χ1n) is 29.5. The predicted molar refractivity (Wildman–Crippen MR) is 335 cm³/mol. The van der Waals surface area contributed by atoms with Crippen molar-refractivity contribution in [3.05, 3.63) is 175 Å². The van der Waals surface area contributed by atoms with Crippen molar-refractivity contribution in [2.24, 2.45) is 0 Å². The van der Waals surface area contributed by atoms with Crippen LogP contribution >= 0.6 is 0 Å². The zero-order valence-corrected chi connectivity index (χ0v) is 45.7. The van der Waals surface area contributed by atoms with Gasteiger partial charge >= 0.3 is 0 Å². The molecule has 0 saturated heterocycles. The second kappa shape index (κ2) is 20.3. The first-order valence-corrected chi connectivity index (χ1v) is 29.5. The first-order chi connectivity index (χ1) is 38.3. The third-order valence-electron chi connectivity index (χ3n) is 18.1. The van der Waals surface area contributed by atoms with E-state index >= 15 is 19.2 Å². The molecule has 11 aromatic carbocycles. The number of benzene rings is 11. The van der Waals surface area contributed by atoms with Gasteiger partial charge < -0.3 is 0 Å². The lowest BCUT2D eigenvalue weighted by atomic mass is 9.83. The van der Waals surface area contributed by atoms with E-state index in [0.717, 1.165) is 200 Å². The summed E-state index contributed by atoms with van der Waals surface area (Å²) in [7, 11) is 0. The fourth-order valence-corrected chi connectivity index (χ4v) is 14.5. The third-order valence-corrected chi connectivity index (χ3v) is 18.1. The molecule has 78 heavy (non-hydrogen) atoms. The van der Waals surface area contributed by atoms with E-state index in [1.165, 1.54) is 0 Å². The predicted octanol–water partition coefficient (Wildman–Crippen LogP) is 18.8. The summed E-state index contributed by atoms with van der Waals surface area (Å²) in [4.78, 5) is 64.5. The van der Waals surface area contributed by atoms with Crippen molar-refractivity contribution in [3.63, 3.8) is 0 Å². The van der Waals surface area contributed by atoms with E-state index < -0.39 is 0 Å². The summed E-state index contributed by atoms with van der Waals surface area (Å²) in [6, 6.07) is 46.3. The number of hydrogen-bond donors (Lipinski definition) is 0. The number of nitrogens with zero attached hydrogens (tertiary/aromatic N) is 2. The lowest BCUT2D eigenvalue weighted by molar-refractivity contribution is 0.389. The zero-order chi connectivity index (χ0) is 53.3. The molecular weight excluding hydrogens is 957 g/mol. The summed E-state index contributed by atoms with van der Waals surface area (Å²) in [5.41, 5.74) is -0.932. The highest BCUT2D eigenvalue weighted by atomic mass is 16.2. The summed E-state index contributed by atoms with van der Waals surface area (Å²) >= 11 is 0. The Morgan fingerprint density at radius 3 is 0.910 bits per heavy atom. The molecule has 2 aromatic heterocycles. The Kier molecular flexibility index (Phi) is 13.0. The second-order valence-corrected chi connectivity index (χ2v) is 22.7. The van der Waals surface area contributed by atoms with Gasteiger partial charge in [0.25, 0.3) is 22.2 Å². The maximum atomic E-state index is 16.2. The van der Waals surface area contributed by atoms with E-state index in [4.69, 9.17) is 0 Å². The molecule has 13 rings (SSSR count). The molecule has 0 saturated carbocycles. The highest BCUT2D eigenvalue weighted by molar-refractivity contribution is 6.47. The van der Waals surface area contributed by atoms with Gasteiger partial charge in [0.2, 0.25) is 0 Å². The Hall–Kier alpha value is -7.70. The van der Waals surface area contributed by atoms with Crippen LogP contribution in [0.15, 0.2) is 153 Å². The van der Waals surface area contributed by atoms with Crippen LogP contribution in [0.2, 0.25) is 0 Å². The van der Waals surface area contributed by atoms with Crippen molar-refractivity contribution < 1.29 is 0 Å². The zero-order valence-electron chi connectivity index (χ0n) is 45.7. The van der Waals surface area contributed by atoms with Gasteiger partial charge in [0.1, 0.15) is 0 Å². The summed E-state index contributed by atoms with van der Waals surface area (Å²) in [5, 5.41) is 20.3. The van der Waals surface area contributed by atoms with Crippen LogP contribution in [0.3, 0.4) is 0 Å². The summed E-state index contributed by atoms with van der Waals surface area (Å²) in [6.07, 6.45) is 15.0. The van der Waals surface area contributed by atoms with Gasteiger partial charge in [-0.25, -0.2) is 0 Å². The molecule has 0 aliphatic carbocycles. The lowest BCUT2D eigenvalue weighted by Gasteiger charge is -2.18. The van der Waals surface area contributed by atoms with Gasteiger partial charge in [0.05, 0.1) is 21.5 Å². The lowest BCUT2D eigenvalue weighted by Crippen LogP contribution is -2.30. The Morgan fingerprint density at radius 2 is 0.551 bits per heavy atom. The van der Waals surface area contributed by atoms with Gasteiger partial charge in [-0.15, -0.1) is 0 Å². The van der Waals surface area contributed by atoms with Gasteiger partial charge in [0, 0.05) is 22.9 Å². The van der Waals surface area contributed by atoms with Gasteiger partial charge in [-0.1, -0.05) is 226 Å². The molecule has 0 aliphatic rings. The van der Waals surface area contributed by atoms with Crippen molar-refractivity contribution in [2.45, 2.75) is 143 Å². The van der Waals surface area contributed by atoms with Crippen LogP contribution in [-0.2, 0) is 0 Å². The molecule has 0 atom stereocenters. The largest absolute Gasteiger partial charge is 0.271 e. The monoisotopic (exact) mass is 1020 g/mol. The molecule has 0 amide bonds. The van der Waals surface area contributed by atoms with Crippen LogP contribution in [0.25, 0.3) is 129 Å². The smallest absolute Gasteiger partial charge is 0.262 e. The molecule has 0 fully saturated rings. The molecule has 6 nitrogen and oxygen atoms in total. The first kappa shape index (κ1) is 49.8. The number of hydrogen-bond acceptors (Lipinski definition) is 4. The topological polar surface area (TPSA) is 78.1 Å². The van der Waals surface area contributed by atoms with Gasteiger partial charge in [-0.2, -0.15) is 0 Å². The molecule has 0 aliphatic heterocycles. The van der Waals surface area contributed by atoms with Crippen LogP contribution < -0.4 is 22.2 Å². The number of unbranched alkanes of at least 4 members (excludes halogenated alkanes) is 8. The minimum absolute atomic E-state index is 0.223. The maximum absolute atomic E-state index is 16.2. The molecule has 2 heterocycles. The summed E-state index contributed by atoms with van der Waals surface area (Å²) in [5.74, 6) is 0. The van der Waals surface area contributed by atoms with E-state index in [-0.39, 0.29) is 34.3 Å². The van der Waals surface area contributed by atoms with Crippen molar-refractivity contribution >= 4 is 129 Å². The SMILES string of the molecule is CCCCCC(CCCCC)n1c(=O)c2c3cc4c(cc3c3c5c6ccccc6ccc5c5ccccc5c3c2c1=O)c1c(=O)n(C(CCCCC)CCCCC)c(=O)c1c1c2ccccc2c2ccc3ccccc3c2c41. The van der Waals surface area contributed by atoms with Gasteiger partial charge in [-0.05, 0) is 135 Å². The Bertz CT molecular complexity index is 4470. The minimum Gasteiger partial charge on any atom is -0.271 e. The average Bonchev–Trinajstić information content (AvgIpc) is 3.91. The normalized spacial score (nSPS) is 12.6. The molecule has 0 unspecified atom stereocenters. The molecule has 0 N–H and O–H groups in total. The Balaban J connectivity index is 1.33. The average molecular weight is 1030 g/mol. The van der Waals surface area contributed by atoms with Crippen LogP contribution in [-0.4, -0.2) is 9.13 Å². The molecule has 13 aromatic rings. The van der Waals surface area contributed by atoms with Crippen molar-refractivity contribution in [1.29, 1.82) is 0 Å². The number of fused-ring (bicyclic) bond motifs is 26. The summed E-state index contributed by atoms with van der Waals surface area (Å²) < 4.78 is 3.32. The van der Waals surface area contributed by atoms with Crippen molar-refractivity contribution in [2.75, 3.05) is 0 Å². The fraction of sp³-hybridized carbons (Fsp3) is 0.306. The fourth-order valence-electron chi connectivity index (χ4n) is 14.5. The molecule has 6 heteroatoms. The van der Waals surface area contributed by atoms with E-state index in [1.807, 2.05) is 12.1 Å². The molecule has 0 bridgehead atoms. The van der Waals surface area contributed by atoms with Gasteiger partial charge in [0.15, 0.2) is 0 Å². The second-order valence-electron chi connectivity index (χ2n) is 22.7. The van der Waals surface area contributed by atoms with E-state index in [9.17, 15) is 0 Å². The Morgan fingerprint density at radius 1 is 0.269 bits per heavy atom. The van der Waals surface area contributed by atoms with E-state index in [2.05, 4.69) is 149 Å². The molecule has 390 valence electrons. The third kappa shape index (κ3) is 7.56. The van der Waals surface area contributed by atoms with Crippen LogP contribution in [0.5, 0.6) is 0 Å². The van der Waals surface area contributed by atoms with Crippen molar-refractivity contribution in [1.82, 2.24) is 9.13 Å². The maximum Gasteiger partial charge on any atom is 0.262 e. The van der Waals surface area contributed by atoms with Crippen LogP contribution in [0.1, 0.15) is 143 Å². The van der Waals surface area contributed by atoms with E-state index in [1.54, 1.807) is 9.13 Å². The minimum atomic E-state index is -0.253. The number of rotatable bonds is 18. The standard InChI is InChI=1S/C72H68N2O4/c1-5-9-13-27-45(28-14-10-6-2)73-69(75)65-57-41-56-58(42-55(57)63-59-47-31-19-17-25-43(47)37-39-53(59)49-33-21-23-35-51(49)61(63)67(65)71(73)77)66-68(72(78)74(70(66)76)46(29-15-11-7-3)30-16-12-8-4)62-52-36-24-22-34-50(52)54-40-38-44-26-18-20-32-48(44)60(54)64(56)62/h17-26,31-42,45-46H,5-16,27-30H2,1-4H3. The Labute approximate surface area is 453 Å². The number of aromatic nitrogens is 2. The molecule has 0 radical (unpaired) electrons. The molecule has 0 spiro atoms. The van der Waals surface area contributed by atoms with Crippen LogP contribution in [0, 0.1) is 0 Å². The van der Waals surface area contributed by atoms with Gasteiger partial charge in [-0.3, -0.25) is 28.3 Å². The van der Waals surface area contributed by atoms with Crippen molar-refractivity contribution in [3.8, 4) is 0 Å². The quantitative estimate of drug-likeness (QED) is 0.0487. The van der Waals surface area contributed by atoms with E-state index in [0.29, 0.717) is 32.3 Å². The van der Waals surface area contributed by atoms with Crippen LogP contribution in [0.4, 0.5) is 0 Å². The summed E-state index contributed by atoms with van der Waals surface area (Å²) in [6.45, 7) is 8.79. The molecular formula is C72H68N2O4. The highest BCUT2D eigenvalue weighted by Gasteiger charge is 2.31. The highest BCUT2D eigenvalue weighted by Crippen LogP contribution is 2.50.